The van der Waals surface area contributed by atoms with Crippen LogP contribution in [0.4, 0.5) is 0 Å². The highest BCUT2D eigenvalue weighted by Gasteiger charge is 2.21. The maximum atomic E-state index is 12.6. The van der Waals surface area contributed by atoms with Gasteiger partial charge in [-0.3, -0.25) is 9.36 Å². The summed E-state index contributed by atoms with van der Waals surface area (Å²) in [4.78, 5) is 26.1. The summed E-state index contributed by atoms with van der Waals surface area (Å²) in [5, 5.41) is 13.1. The molecule has 2 rings (SSSR count). The Morgan fingerprint density at radius 3 is 2.61 bits per heavy atom. The summed E-state index contributed by atoms with van der Waals surface area (Å²) >= 11 is 0. The highest BCUT2D eigenvalue weighted by molar-refractivity contribution is 5.76. The summed E-state index contributed by atoms with van der Waals surface area (Å²) in [6.45, 7) is 2.21. The van der Waals surface area contributed by atoms with E-state index in [1.807, 2.05) is 37.3 Å². The number of hydrogen-bond donors (Lipinski definition) is 1. The zero-order valence-corrected chi connectivity index (χ0v) is 13.4. The molecule has 0 saturated carbocycles. The van der Waals surface area contributed by atoms with Gasteiger partial charge in [-0.1, -0.05) is 30.3 Å². The van der Waals surface area contributed by atoms with Crippen LogP contribution >= 0.6 is 0 Å². The van der Waals surface area contributed by atoms with Crippen molar-refractivity contribution in [1.29, 1.82) is 0 Å². The predicted molar refractivity (Wildman–Crippen MR) is 85.6 cm³/mol. The molecule has 1 unspecified atom stereocenters. The zero-order chi connectivity index (χ0) is 16.8. The molecule has 7 nitrogen and oxygen atoms in total. The molecule has 0 aliphatic rings. The quantitative estimate of drug-likeness (QED) is 0.800. The number of nitrogens with zero attached hydrogens (tertiary/aromatic N) is 4. The first-order valence-corrected chi connectivity index (χ1v) is 7.55. The van der Waals surface area contributed by atoms with Crippen LogP contribution in [0.2, 0.25) is 0 Å². The molecule has 1 atom stereocenters. The normalized spacial score (nSPS) is 12.1. The largest absolute Gasteiger partial charge is 0.396 e. The highest BCUT2D eigenvalue weighted by atomic mass is 16.3. The molecule has 1 heterocycles. The molecule has 0 spiro atoms. The van der Waals surface area contributed by atoms with Gasteiger partial charge in [0.15, 0.2) is 0 Å². The Morgan fingerprint density at radius 2 is 2.04 bits per heavy atom. The summed E-state index contributed by atoms with van der Waals surface area (Å²) in [6.07, 6.45) is 1.87. The molecule has 0 aliphatic carbocycles. The fraction of sp³-hybridized carbons (Fsp3) is 0.438. The van der Waals surface area contributed by atoms with Crippen LogP contribution in [0.25, 0.3) is 0 Å². The lowest BCUT2D eigenvalue weighted by molar-refractivity contribution is -0.135. The molecule has 23 heavy (non-hydrogen) atoms. The van der Waals surface area contributed by atoms with Crippen molar-refractivity contribution in [3.8, 4) is 0 Å². The molecule has 1 amide bonds. The first kappa shape index (κ1) is 17.0. The van der Waals surface area contributed by atoms with E-state index in [9.17, 15) is 9.59 Å². The second kappa shape index (κ2) is 7.73. The minimum Gasteiger partial charge on any atom is -0.396 e. The fourth-order valence-corrected chi connectivity index (χ4v) is 2.36. The van der Waals surface area contributed by atoms with Crippen molar-refractivity contribution < 1.29 is 9.90 Å². The SMILES string of the molecule is CC(CCO)N(Cc1ccccc1)C(=O)Cn1ncn(C)c1=O. The maximum Gasteiger partial charge on any atom is 0.345 e. The van der Waals surface area contributed by atoms with Crippen LogP contribution in [-0.4, -0.2) is 42.9 Å². The van der Waals surface area contributed by atoms with Crippen LogP contribution in [0.1, 0.15) is 18.9 Å². The number of rotatable bonds is 7. The molecule has 0 saturated heterocycles. The Hall–Kier alpha value is -2.41. The molecule has 0 radical (unpaired) electrons. The summed E-state index contributed by atoms with van der Waals surface area (Å²) in [6, 6.07) is 9.50. The lowest BCUT2D eigenvalue weighted by Crippen LogP contribution is -2.42. The molecule has 2 aromatic rings. The topological polar surface area (TPSA) is 80.4 Å². The van der Waals surface area contributed by atoms with Gasteiger partial charge in [0.1, 0.15) is 12.9 Å². The van der Waals surface area contributed by atoms with Gasteiger partial charge >= 0.3 is 5.69 Å². The molecule has 0 bridgehead atoms. The number of hydrogen-bond acceptors (Lipinski definition) is 4. The number of aliphatic hydroxyl groups is 1. The van der Waals surface area contributed by atoms with Gasteiger partial charge in [-0.15, -0.1) is 0 Å². The zero-order valence-electron chi connectivity index (χ0n) is 13.4. The molecule has 1 N–H and O–H groups in total. The third kappa shape index (κ3) is 4.29. The van der Waals surface area contributed by atoms with Crippen molar-refractivity contribution >= 4 is 5.91 Å². The van der Waals surface area contributed by atoms with E-state index >= 15 is 0 Å². The first-order chi connectivity index (χ1) is 11.0. The van der Waals surface area contributed by atoms with Crippen LogP contribution in [0.15, 0.2) is 41.5 Å². The maximum absolute atomic E-state index is 12.6. The van der Waals surface area contributed by atoms with E-state index in [2.05, 4.69) is 5.10 Å². The minimum atomic E-state index is -0.326. The Kier molecular flexibility index (Phi) is 5.70. The molecule has 7 heteroatoms. The van der Waals surface area contributed by atoms with Crippen LogP contribution in [0.5, 0.6) is 0 Å². The average Bonchev–Trinajstić information content (AvgIpc) is 2.85. The number of aliphatic hydroxyl groups excluding tert-OH is 1. The van der Waals surface area contributed by atoms with Crippen LogP contribution in [0, 0.1) is 0 Å². The standard InChI is InChI=1S/C16H22N4O3/c1-13(8-9-21)19(10-14-6-4-3-5-7-14)15(22)11-20-16(23)18(2)12-17-20/h3-7,12-13,21H,8-11H2,1-2H3. The van der Waals surface area contributed by atoms with Crippen LogP contribution in [-0.2, 0) is 24.9 Å². The number of aryl methyl sites for hydroxylation is 1. The number of aromatic nitrogens is 3. The van der Waals surface area contributed by atoms with Gasteiger partial charge in [0, 0.05) is 26.2 Å². The molecule has 1 aromatic heterocycles. The Bertz CT molecular complexity index is 693. The van der Waals surface area contributed by atoms with E-state index in [1.165, 1.54) is 10.9 Å². The fourth-order valence-electron chi connectivity index (χ4n) is 2.36. The molecule has 0 aliphatic heterocycles. The number of amides is 1. The smallest absolute Gasteiger partial charge is 0.345 e. The second-order valence-corrected chi connectivity index (χ2v) is 5.55. The van der Waals surface area contributed by atoms with Gasteiger partial charge in [0.2, 0.25) is 5.91 Å². The van der Waals surface area contributed by atoms with E-state index in [-0.39, 0.29) is 30.8 Å². The first-order valence-electron chi connectivity index (χ1n) is 7.55. The summed E-state index contributed by atoms with van der Waals surface area (Å²) < 4.78 is 2.47. The number of carbonyl (C=O) groups is 1. The Balaban J connectivity index is 2.17. The van der Waals surface area contributed by atoms with Gasteiger partial charge in [0.05, 0.1) is 0 Å². The van der Waals surface area contributed by atoms with Crippen molar-refractivity contribution in [2.75, 3.05) is 6.61 Å². The van der Waals surface area contributed by atoms with E-state index in [0.29, 0.717) is 13.0 Å². The highest BCUT2D eigenvalue weighted by Crippen LogP contribution is 2.11. The van der Waals surface area contributed by atoms with E-state index in [4.69, 9.17) is 5.11 Å². The summed E-state index contributed by atoms with van der Waals surface area (Å²) in [7, 11) is 1.59. The van der Waals surface area contributed by atoms with E-state index < -0.39 is 0 Å². The lowest BCUT2D eigenvalue weighted by atomic mass is 10.1. The molecular weight excluding hydrogens is 296 g/mol. The predicted octanol–water partition coefficient (Wildman–Crippen LogP) is 0.381. The van der Waals surface area contributed by atoms with Crippen molar-refractivity contribution in [1.82, 2.24) is 19.2 Å². The van der Waals surface area contributed by atoms with Gasteiger partial charge in [-0.2, -0.15) is 5.10 Å². The van der Waals surface area contributed by atoms with Crippen molar-refractivity contribution in [3.63, 3.8) is 0 Å². The van der Waals surface area contributed by atoms with Crippen molar-refractivity contribution in [2.24, 2.45) is 7.05 Å². The number of carbonyl (C=O) groups excluding carboxylic acids is 1. The summed E-state index contributed by atoms with van der Waals surface area (Å²) in [5.41, 5.74) is 0.673. The molecule has 124 valence electrons. The third-order valence-corrected chi connectivity index (χ3v) is 3.77. The molecule has 1 aromatic carbocycles. The van der Waals surface area contributed by atoms with Crippen molar-refractivity contribution in [3.05, 3.63) is 52.7 Å². The third-order valence-electron chi connectivity index (χ3n) is 3.77. The van der Waals surface area contributed by atoms with Crippen LogP contribution in [0.3, 0.4) is 0 Å². The van der Waals surface area contributed by atoms with E-state index in [0.717, 1.165) is 10.2 Å². The minimum absolute atomic E-state index is 0.00325. The van der Waals surface area contributed by atoms with Crippen LogP contribution < -0.4 is 5.69 Å². The number of benzene rings is 1. The van der Waals surface area contributed by atoms with Gasteiger partial charge in [-0.25, -0.2) is 9.48 Å². The molecular formula is C16H22N4O3. The lowest BCUT2D eigenvalue weighted by Gasteiger charge is -2.29. The van der Waals surface area contributed by atoms with Gasteiger partial charge < -0.3 is 10.0 Å². The van der Waals surface area contributed by atoms with E-state index in [1.54, 1.807) is 11.9 Å². The average molecular weight is 318 g/mol. The van der Waals surface area contributed by atoms with Gasteiger partial charge in [0.25, 0.3) is 0 Å². The Morgan fingerprint density at radius 1 is 1.35 bits per heavy atom. The Labute approximate surface area is 134 Å². The summed E-state index contributed by atoms with van der Waals surface area (Å²) in [5.74, 6) is -0.199. The monoisotopic (exact) mass is 318 g/mol. The second-order valence-electron chi connectivity index (χ2n) is 5.55. The van der Waals surface area contributed by atoms with Crippen molar-refractivity contribution in [2.45, 2.75) is 32.5 Å². The molecule has 0 fully saturated rings. The van der Waals surface area contributed by atoms with Gasteiger partial charge in [-0.05, 0) is 18.9 Å².